The first-order valence-electron chi connectivity index (χ1n) is 21.3. The topological polar surface area (TPSA) is 125 Å². The predicted octanol–water partition coefficient (Wildman–Crippen LogP) is 5.61. The van der Waals surface area contributed by atoms with Crippen molar-refractivity contribution < 1.29 is 24.2 Å². The number of carbonyl (C=O) groups is 2. The second kappa shape index (κ2) is 15.9. The highest BCUT2D eigenvalue weighted by Gasteiger charge is 2.66. The van der Waals surface area contributed by atoms with Crippen molar-refractivity contribution in [3.05, 3.63) is 126 Å². The number of rotatable bonds is 12. The number of hydrogen-bond acceptors (Lipinski definition) is 9. The number of nitrogens with zero attached hydrogens (tertiary/aromatic N) is 6. The molecule has 60 heavy (non-hydrogen) atoms. The maximum Gasteiger partial charge on any atom is 0.264 e. The predicted molar refractivity (Wildman–Crippen MR) is 235 cm³/mol. The molecule has 312 valence electrons. The van der Waals surface area contributed by atoms with E-state index in [0.717, 1.165) is 52.7 Å². The Morgan fingerprint density at radius 1 is 0.917 bits per heavy atom. The molecule has 4 aliphatic rings. The lowest BCUT2D eigenvalue weighted by Crippen LogP contribution is -2.55. The van der Waals surface area contributed by atoms with Crippen molar-refractivity contribution in [1.82, 2.24) is 20.3 Å². The fourth-order valence-corrected chi connectivity index (χ4v) is 14.8. The van der Waals surface area contributed by atoms with E-state index in [1.807, 2.05) is 81.3 Å². The largest absolute Gasteiger partial charge is 0.497 e. The van der Waals surface area contributed by atoms with E-state index in [9.17, 15) is 9.90 Å². The van der Waals surface area contributed by atoms with Crippen LogP contribution >= 0.6 is 0 Å². The molecule has 9 rings (SSSR count). The van der Waals surface area contributed by atoms with E-state index in [2.05, 4.69) is 83.0 Å². The van der Waals surface area contributed by atoms with Crippen molar-refractivity contribution in [3.63, 3.8) is 0 Å². The van der Waals surface area contributed by atoms with Crippen LogP contribution in [0.3, 0.4) is 0 Å². The van der Waals surface area contributed by atoms with E-state index in [-0.39, 0.29) is 36.0 Å². The molecule has 5 aromatic rings. The number of carbonyl (C=O) groups excluding carboxylic acids is 2. The SMILES string of the molecule is COc1ccc([Si](C)(C)[C@@H]2[C@@H](CCn3cc(CCO)nn3)O[C@]3(C(=O)N(Cc4ccccc4)c4ccc(N5CN(c6ccccc6)C6(CCNCC6)C5=O)cc43)[C@H]2C)cc1. The minimum Gasteiger partial charge on any atom is -0.497 e. The number of piperidine rings is 1. The van der Waals surface area contributed by atoms with Gasteiger partial charge in [0.25, 0.3) is 11.8 Å². The molecule has 1 aromatic heterocycles. The van der Waals surface area contributed by atoms with Crippen LogP contribution in [0.15, 0.2) is 109 Å². The third-order valence-electron chi connectivity index (χ3n) is 13.9. The molecule has 2 spiro atoms. The normalized spacial score (nSPS) is 23.6. The van der Waals surface area contributed by atoms with Gasteiger partial charge >= 0.3 is 0 Å². The minimum atomic E-state index is -2.42. The van der Waals surface area contributed by atoms with Crippen molar-refractivity contribution >= 4 is 42.1 Å². The fraction of sp³-hybridized carbons (Fsp3) is 0.404. The van der Waals surface area contributed by atoms with Crippen LogP contribution in [0.2, 0.25) is 18.6 Å². The third kappa shape index (κ3) is 6.62. The van der Waals surface area contributed by atoms with Crippen LogP contribution in [-0.4, -0.2) is 85.1 Å². The summed E-state index contributed by atoms with van der Waals surface area (Å²) in [6.07, 6.45) is 4.04. The number of ether oxygens (including phenoxy) is 2. The first kappa shape index (κ1) is 40.1. The summed E-state index contributed by atoms with van der Waals surface area (Å²) in [6, 6.07) is 34.9. The summed E-state index contributed by atoms with van der Waals surface area (Å²) in [4.78, 5) is 36.7. The van der Waals surface area contributed by atoms with Crippen LogP contribution in [0.1, 0.15) is 43.0 Å². The summed E-state index contributed by atoms with van der Waals surface area (Å²) in [5.41, 5.74) is 3.23. The molecule has 3 saturated heterocycles. The van der Waals surface area contributed by atoms with Crippen LogP contribution in [0, 0.1) is 5.92 Å². The number of fused-ring (bicyclic) bond motifs is 2. The molecule has 0 bridgehead atoms. The molecule has 4 aromatic carbocycles. The average Bonchev–Trinajstić information content (AvgIpc) is 3.99. The summed E-state index contributed by atoms with van der Waals surface area (Å²) in [6.45, 7) is 9.85. The number of amides is 2. The first-order valence-corrected chi connectivity index (χ1v) is 24.4. The summed E-state index contributed by atoms with van der Waals surface area (Å²) >= 11 is 0. The van der Waals surface area contributed by atoms with E-state index in [1.165, 1.54) is 5.19 Å². The molecule has 0 unspecified atom stereocenters. The lowest BCUT2D eigenvalue weighted by Gasteiger charge is -2.39. The quantitative estimate of drug-likeness (QED) is 0.155. The molecule has 0 saturated carbocycles. The van der Waals surface area contributed by atoms with Crippen molar-refractivity contribution in [1.29, 1.82) is 0 Å². The van der Waals surface area contributed by atoms with E-state index >= 15 is 4.79 Å². The van der Waals surface area contributed by atoms with Gasteiger partial charge in [0.1, 0.15) is 11.3 Å². The molecule has 0 aliphatic carbocycles. The Hall–Kier alpha value is -5.34. The van der Waals surface area contributed by atoms with Gasteiger partial charge in [-0.05, 0) is 85.9 Å². The van der Waals surface area contributed by atoms with Crippen molar-refractivity contribution in [2.45, 2.75) is 81.6 Å². The smallest absolute Gasteiger partial charge is 0.264 e. The zero-order valence-electron chi connectivity index (χ0n) is 35.0. The van der Waals surface area contributed by atoms with Crippen molar-refractivity contribution in [2.24, 2.45) is 5.92 Å². The molecule has 4 atom stereocenters. The van der Waals surface area contributed by atoms with Gasteiger partial charge < -0.3 is 29.7 Å². The Morgan fingerprint density at radius 3 is 2.33 bits per heavy atom. The highest BCUT2D eigenvalue weighted by atomic mass is 28.3. The van der Waals surface area contributed by atoms with E-state index in [1.54, 1.807) is 7.11 Å². The molecule has 12 nitrogen and oxygen atoms in total. The molecular formula is C47H55N7O5Si. The highest BCUT2D eigenvalue weighted by molar-refractivity contribution is 6.91. The van der Waals surface area contributed by atoms with Crippen LogP contribution in [0.4, 0.5) is 17.1 Å². The molecule has 13 heteroatoms. The number of benzene rings is 4. The van der Waals surface area contributed by atoms with Crippen LogP contribution in [0.25, 0.3) is 0 Å². The van der Waals surface area contributed by atoms with Gasteiger partial charge in [0, 0.05) is 48.6 Å². The number of aromatic nitrogens is 3. The Balaban J connectivity index is 1.15. The molecular weight excluding hydrogens is 771 g/mol. The van der Waals surface area contributed by atoms with E-state index in [0.29, 0.717) is 45.4 Å². The Bertz CT molecular complexity index is 2340. The van der Waals surface area contributed by atoms with Crippen molar-refractivity contribution in [3.8, 4) is 5.75 Å². The number of aryl methyl sites for hydroxylation is 1. The van der Waals surface area contributed by atoms with Gasteiger partial charge in [-0.25, -0.2) is 0 Å². The van der Waals surface area contributed by atoms with E-state index in [4.69, 9.17) is 9.47 Å². The van der Waals surface area contributed by atoms with Gasteiger partial charge in [0.05, 0.1) is 45.9 Å². The van der Waals surface area contributed by atoms with Crippen LogP contribution < -0.4 is 29.9 Å². The van der Waals surface area contributed by atoms with Gasteiger partial charge in [0.2, 0.25) is 0 Å². The summed E-state index contributed by atoms with van der Waals surface area (Å²) in [7, 11) is -0.744. The van der Waals surface area contributed by atoms with Gasteiger partial charge in [-0.3, -0.25) is 19.2 Å². The second-order valence-corrected chi connectivity index (χ2v) is 22.1. The monoisotopic (exact) mass is 825 g/mol. The maximum absolute atomic E-state index is 15.6. The molecule has 5 heterocycles. The molecule has 0 radical (unpaired) electrons. The van der Waals surface area contributed by atoms with Gasteiger partial charge in [-0.1, -0.05) is 91.1 Å². The summed E-state index contributed by atoms with van der Waals surface area (Å²) < 4.78 is 14.9. The Morgan fingerprint density at radius 2 is 1.63 bits per heavy atom. The average molecular weight is 826 g/mol. The molecule has 3 fully saturated rings. The van der Waals surface area contributed by atoms with Crippen LogP contribution in [-0.2, 0) is 39.4 Å². The number of anilines is 3. The summed E-state index contributed by atoms with van der Waals surface area (Å²) in [5.74, 6) is 0.595. The van der Waals surface area contributed by atoms with Gasteiger partial charge in [-0.2, -0.15) is 0 Å². The van der Waals surface area contributed by atoms with E-state index < -0.39 is 19.2 Å². The first-order chi connectivity index (χ1) is 29.1. The molecule has 2 N–H and O–H groups in total. The number of hydrogen-bond donors (Lipinski definition) is 2. The fourth-order valence-electron chi connectivity index (χ4n) is 10.8. The lowest BCUT2D eigenvalue weighted by molar-refractivity contribution is -0.146. The highest BCUT2D eigenvalue weighted by Crippen LogP contribution is 2.61. The number of nitrogens with one attached hydrogen (secondary N) is 1. The zero-order valence-corrected chi connectivity index (χ0v) is 36.0. The lowest BCUT2D eigenvalue weighted by atomic mass is 9.82. The standard InChI is InChI=1S/C47H55N7O5Si/c1-33-43(60(3,4)39-18-16-38(58-2)17-19-39)42(21-27-51-31-35(22-28-55)49-50-51)59-47(33)40-29-37(15-20-41(40)52(45(47)57)30-34-11-7-5-8-12-34)53-32-54(36-13-9-6-10-14-36)46(44(53)56)23-25-48-26-24-46/h5-20,29,31,33,42-43,48,55H,21-28,30,32H2,1-4H3/t33-,42+,43-,47+/m0/s1. The van der Waals surface area contributed by atoms with Gasteiger partial charge in [0.15, 0.2) is 5.60 Å². The second-order valence-electron chi connectivity index (χ2n) is 17.4. The number of para-hydroxylation sites is 1. The number of aliphatic hydroxyl groups is 1. The Labute approximate surface area is 353 Å². The third-order valence-corrected chi connectivity index (χ3v) is 18.2. The molecule has 4 aliphatic heterocycles. The van der Waals surface area contributed by atoms with Crippen LogP contribution in [0.5, 0.6) is 5.75 Å². The zero-order chi connectivity index (χ0) is 41.6. The molecule has 2 amide bonds. The number of aliphatic hydroxyl groups excluding tert-OH is 1. The summed E-state index contributed by atoms with van der Waals surface area (Å²) in [5, 5.41) is 22.9. The van der Waals surface area contributed by atoms with Gasteiger partial charge in [-0.15, -0.1) is 5.10 Å². The number of methoxy groups -OCH3 is 1. The maximum atomic E-state index is 15.6. The Kier molecular flexibility index (Phi) is 10.6. The minimum absolute atomic E-state index is 0.00266. The van der Waals surface area contributed by atoms with Crippen molar-refractivity contribution in [2.75, 3.05) is 48.2 Å².